The zero-order chi connectivity index (χ0) is 8.27. The van der Waals surface area contributed by atoms with Crippen LogP contribution in [-0.4, -0.2) is 15.4 Å². The molecule has 3 nitrogen and oxygen atoms in total. The Balaban J connectivity index is 2.45. The van der Waals surface area contributed by atoms with E-state index in [9.17, 15) is 0 Å². The molecule has 62 valence electrons. The summed E-state index contributed by atoms with van der Waals surface area (Å²) in [5, 5.41) is 3.25. The minimum Gasteiger partial charge on any atom is -0.348 e. The van der Waals surface area contributed by atoms with Crippen LogP contribution in [0.25, 0.3) is 0 Å². The second kappa shape index (κ2) is 3.92. The van der Waals surface area contributed by atoms with Gasteiger partial charge in [0.05, 0.1) is 5.75 Å². The molecule has 1 aromatic rings. The maximum atomic E-state index is 4.76. The molecule has 0 atom stereocenters. The number of hydrogen-bond acceptors (Lipinski definition) is 4. The van der Waals surface area contributed by atoms with Gasteiger partial charge < -0.3 is 4.52 Å². The van der Waals surface area contributed by atoms with Crippen LogP contribution >= 0.6 is 24.0 Å². The normalized spacial score (nSPS) is 10.8. The molecule has 0 aliphatic rings. The summed E-state index contributed by atoms with van der Waals surface area (Å²) in [5.74, 6) is 1.64. The van der Waals surface area contributed by atoms with Gasteiger partial charge in [0.1, 0.15) is 0 Å². The van der Waals surface area contributed by atoms with Gasteiger partial charge >= 0.3 is 4.84 Å². The number of aromatic nitrogens is 2. The van der Waals surface area contributed by atoms with Gasteiger partial charge in [0, 0.05) is 0 Å². The molecule has 1 aromatic heterocycles. The number of hydrogen-bond donors (Lipinski definition) is 1. The van der Waals surface area contributed by atoms with E-state index in [1.165, 1.54) is 0 Å². The highest BCUT2D eigenvalue weighted by molar-refractivity contribution is 7.99. The number of nitrogens with zero attached hydrogens (tertiary/aromatic N) is 1. The summed E-state index contributed by atoms with van der Waals surface area (Å²) in [7, 11) is 0. The van der Waals surface area contributed by atoms with E-state index in [-0.39, 0.29) is 4.84 Å². The third kappa shape index (κ3) is 3.07. The fourth-order valence-electron chi connectivity index (χ4n) is 0.566. The van der Waals surface area contributed by atoms with Crippen molar-refractivity contribution >= 4 is 24.0 Å². The lowest BCUT2D eigenvalue weighted by atomic mass is 10.6. The molecule has 0 radical (unpaired) electrons. The number of thioether (sulfide) groups is 1. The lowest BCUT2D eigenvalue weighted by molar-refractivity contribution is 0.400. The maximum Gasteiger partial charge on any atom is 0.314 e. The lowest BCUT2D eigenvalue weighted by Gasteiger charge is -1.99. The zero-order valence-corrected chi connectivity index (χ0v) is 8.09. The summed E-state index contributed by atoms with van der Waals surface area (Å²) in [6, 6.07) is 0. The van der Waals surface area contributed by atoms with Gasteiger partial charge in [-0.2, -0.15) is 16.7 Å². The van der Waals surface area contributed by atoms with Crippen LogP contribution < -0.4 is 0 Å². The molecule has 1 heterocycles. The molecule has 0 saturated carbocycles. The number of aromatic amines is 1. The molecule has 0 spiro atoms. The number of H-pyrrole nitrogens is 1. The highest BCUT2D eigenvalue weighted by Gasteiger charge is 1.99. The Morgan fingerprint density at radius 1 is 1.73 bits per heavy atom. The van der Waals surface area contributed by atoms with E-state index in [0.29, 0.717) is 5.25 Å². The second-order valence-corrected chi connectivity index (χ2v) is 4.30. The average Bonchev–Trinajstić information content (AvgIpc) is 2.31. The molecule has 1 rings (SSSR count). The third-order valence-electron chi connectivity index (χ3n) is 1.04. The van der Waals surface area contributed by atoms with Crippen LogP contribution in [0.1, 0.15) is 19.7 Å². The molecule has 0 aliphatic heterocycles. The van der Waals surface area contributed by atoms with Crippen LogP contribution in [0.2, 0.25) is 0 Å². The van der Waals surface area contributed by atoms with Gasteiger partial charge in [0.15, 0.2) is 5.82 Å². The van der Waals surface area contributed by atoms with E-state index in [2.05, 4.69) is 24.0 Å². The van der Waals surface area contributed by atoms with Crippen LogP contribution in [-0.2, 0) is 5.75 Å². The standard InChI is InChI=1S/C6H10N2OS2/c1-4(2)11-3-5-7-6(10)9-8-5/h4H,3H2,1-2H3,(H,7,8,10). The Bertz CT molecular complexity index is 266. The monoisotopic (exact) mass is 190 g/mol. The summed E-state index contributed by atoms with van der Waals surface area (Å²) >= 11 is 6.49. The van der Waals surface area contributed by atoms with Gasteiger partial charge in [-0.05, 0) is 17.5 Å². The van der Waals surface area contributed by atoms with Crippen LogP contribution in [0.4, 0.5) is 0 Å². The van der Waals surface area contributed by atoms with Crippen molar-refractivity contribution in [3.8, 4) is 0 Å². The van der Waals surface area contributed by atoms with Crippen molar-refractivity contribution in [1.82, 2.24) is 10.1 Å². The largest absolute Gasteiger partial charge is 0.348 e. The van der Waals surface area contributed by atoms with Crippen molar-refractivity contribution in [3.05, 3.63) is 10.7 Å². The molecular weight excluding hydrogens is 180 g/mol. The first kappa shape index (κ1) is 8.80. The Morgan fingerprint density at radius 2 is 2.45 bits per heavy atom. The zero-order valence-electron chi connectivity index (χ0n) is 6.46. The van der Waals surface area contributed by atoms with Crippen molar-refractivity contribution in [2.75, 3.05) is 0 Å². The van der Waals surface area contributed by atoms with Gasteiger partial charge in [-0.15, -0.1) is 0 Å². The van der Waals surface area contributed by atoms with Crippen LogP contribution in [0, 0.1) is 4.84 Å². The van der Waals surface area contributed by atoms with E-state index in [1.807, 2.05) is 0 Å². The maximum absolute atomic E-state index is 4.76. The predicted octanol–water partition coefficient (Wildman–Crippen LogP) is 2.37. The fraction of sp³-hybridized carbons (Fsp3) is 0.667. The Hall–Kier alpha value is -0.290. The van der Waals surface area contributed by atoms with Gasteiger partial charge in [0.2, 0.25) is 0 Å². The van der Waals surface area contributed by atoms with Crippen LogP contribution in [0.5, 0.6) is 0 Å². The highest BCUT2D eigenvalue weighted by atomic mass is 32.2. The van der Waals surface area contributed by atoms with E-state index in [1.54, 1.807) is 11.8 Å². The first-order valence-electron chi connectivity index (χ1n) is 3.34. The van der Waals surface area contributed by atoms with E-state index >= 15 is 0 Å². The number of rotatable bonds is 3. The van der Waals surface area contributed by atoms with Crippen molar-refractivity contribution < 1.29 is 4.52 Å². The second-order valence-electron chi connectivity index (χ2n) is 2.39. The van der Waals surface area contributed by atoms with E-state index < -0.39 is 0 Å². The molecule has 0 saturated heterocycles. The molecule has 0 aromatic carbocycles. The quantitative estimate of drug-likeness (QED) is 0.743. The summed E-state index contributed by atoms with van der Waals surface area (Å²) in [6.45, 7) is 4.28. The highest BCUT2D eigenvalue weighted by Crippen LogP contribution is 2.13. The third-order valence-corrected chi connectivity index (χ3v) is 2.32. The number of nitrogens with one attached hydrogen (secondary N) is 1. The van der Waals surface area contributed by atoms with Crippen molar-refractivity contribution in [2.24, 2.45) is 0 Å². The predicted molar refractivity (Wildman–Crippen MR) is 48.1 cm³/mol. The Kier molecular flexibility index (Phi) is 3.14. The SMILES string of the molecule is CC(C)SCc1nc(=S)o[nH]1. The molecule has 0 unspecified atom stereocenters. The van der Waals surface area contributed by atoms with Gasteiger partial charge in [0.25, 0.3) is 0 Å². The summed E-state index contributed by atoms with van der Waals surface area (Å²) < 4.78 is 4.76. The first-order valence-corrected chi connectivity index (χ1v) is 4.80. The molecule has 1 N–H and O–H groups in total. The van der Waals surface area contributed by atoms with Crippen LogP contribution in [0.15, 0.2) is 4.52 Å². The minimum atomic E-state index is 0.282. The fourth-order valence-corrected chi connectivity index (χ4v) is 1.33. The first-order chi connectivity index (χ1) is 5.18. The molecular formula is C6H10N2OS2. The molecule has 0 bridgehead atoms. The van der Waals surface area contributed by atoms with Gasteiger partial charge in [-0.3, -0.25) is 0 Å². The van der Waals surface area contributed by atoms with E-state index in [4.69, 9.17) is 16.7 Å². The Morgan fingerprint density at radius 3 is 2.91 bits per heavy atom. The van der Waals surface area contributed by atoms with Crippen molar-refractivity contribution in [2.45, 2.75) is 24.9 Å². The molecule has 0 aliphatic carbocycles. The van der Waals surface area contributed by atoms with Gasteiger partial charge in [-0.25, -0.2) is 5.16 Å². The Labute approximate surface area is 74.6 Å². The minimum absolute atomic E-state index is 0.282. The molecule has 5 heteroatoms. The van der Waals surface area contributed by atoms with E-state index in [0.717, 1.165) is 11.6 Å². The summed E-state index contributed by atoms with van der Waals surface area (Å²) in [6.07, 6.45) is 0. The summed E-state index contributed by atoms with van der Waals surface area (Å²) in [4.78, 5) is 4.24. The average molecular weight is 190 g/mol. The topological polar surface area (TPSA) is 41.8 Å². The molecule has 11 heavy (non-hydrogen) atoms. The van der Waals surface area contributed by atoms with Crippen molar-refractivity contribution in [1.29, 1.82) is 0 Å². The van der Waals surface area contributed by atoms with Gasteiger partial charge in [-0.1, -0.05) is 13.8 Å². The van der Waals surface area contributed by atoms with Crippen molar-refractivity contribution in [3.63, 3.8) is 0 Å². The molecule has 0 amide bonds. The summed E-state index contributed by atoms with van der Waals surface area (Å²) in [5.41, 5.74) is 0. The lowest BCUT2D eigenvalue weighted by Crippen LogP contribution is -1.90. The van der Waals surface area contributed by atoms with Crippen LogP contribution in [0.3, 0.4) is 0 Å². The molecule has 0 fully saturated rings. The smallest absolute Gasteiger partial charge is 0.314 e.